The van der Waals surface area contributed by atoms with Crippen LogP contribution in [0.1, 0.15) is 41.6 Å². The van der Waals surface area contributed by atoms with Crippen molar-refractivity contribution in [2.24, 2.45) is 0 Å². The third-order valence-corrected chi connectivity index (χ3v) is 5.49. The van der Waals surface area contributed by atoms with E-state index in [1.165, 1.54) is 19.0 Å². The van der Waals surface area contributed by atoms with Gasteiger partial charge in [-0.25, -0.2) is 9.50 Å². The van der Waals surface area contributed by atoms with Crippen molar-refractivity contribution in [3.63, 3.8) is 0 Å². The first kappa shape index (κ1) is 18.4. The summed E-state index contributed by atoms with van der Waals surface area (Å²) in [5, 5.41) is 7.71. The van der Waals surface area contributed by atoms with E-state index in [9.17, 15) is 9.59 Å². The second kappa shape index (κ2) is 7.62. The molecule has 4 aromatic rings. The number of benzene rings is 1. The number of hydrogen-bond acceptors (Lipinski definition) is 5. The molecule has 0 saturated heterocycles. The van der Waals surface area contributed by atoms with Crippen molar-refractivity contribution in [3.8, 4) is 5.88 Å². The van der Waals surface area contributed by atoms with Crippen molar-refractivity contribution in [3.05, 3.63) is 70.3 Å². The van der Waals surface area contributed by atoms with Gasteiger partial charge in [-0.05, 0) is 43.9 Å². The van der Waals surface area contributed by atoms with Gasteiger partial charge in [-0.3, -0.25) is 9.59 Å². The third kappa shape index (κ3) is 3.30. The van der Waals surface area contributed by atoms with Crippen molar-refractivity contribution in [2.45, 2.75) is 38.3 Å². The van der Waals surface area contributed by atoms with Crippen LogP contribution in [-0.2, 0) is 6.54 Å². The van der Waals surface area contributed by atoms with E-state index in [4.69, 9.17) is 4.74 Å². The van der Waals surface area contributed by atoms with Gasteiger partial charge in [0.25, 0.3) is 11.5 Å². The third-order valence-electron chi connectivity index (χ3n) is 5.49. The molecule has 0 atom stereocenters. The maximum Gasteiger partial charge on any atom is 0.259 e. The topological polar surface area (TPSA) is 101 Å². The molecule has 1 aliphatic rings. The molecule has 8 nitrogen and oxygen atoms in total. The summed E-state index contributed by atoms with van der Waals surface area (Å²) in [6, 6.07) is 10.9. The van der Waals surface area contributed by atoms with Gasteiger partial charge in [0.2, 0.25) is 5.88 Å². The highest BCUT2D eigenvalue weighted by atomic mass is 16.5. The van der Waals surface area contributed by atoms with Crippen LogP contribution in [0.25, 0.3) is 16.6 Å². The second-order valence-electron chi connectivity index (χ2n) is 7.46. The number of fused-ring (bicyclic) bond motifs is 3. The van der Waals surface area contributed by atoms with Crippen LogP contribution in [0, 0.1) is 0 Å². The van der Waals surface area contributed by atoms with Crippen molar-refractivity contribution in [1.29, 1.82) is 0 Å². The number of para-hydroxylation sites is 1. The first-order valence-electron chi connectivity index (χ1n) is 10.1. The van der Waals surface area contributed by atoms with E-state index in [0.29, 0.717) is 28.0 Å². The van der Waals surface area contributed by atoms with E-state index in [1.807, 2.05) is 18.2 Å². The monoisotopic (exact) mass is 403 g/mol. The Morgan fingerprint density at radius 2 is 2.03 bits per heavy atom. The minimum Gasteiger partial charge on any atom is -0.474 e. The number of pyridine rings is 1. The van der Waals surface area contributed by atoms with E-state index in [1.54, 1.807) is 28.9 Å². The lowest BCUT2D eigenvalue weighted by atomic mass is 10.2. The lowest BCUT2D eigenvalue weighted by Crippen LogP contribution is -2.24. The Morgan fingerprint density at radius 1 is 1.20 bits per heavy atom. The number of aromatic nitrogens is 4. The molecule has 0 bridgehead atoms. The van der Waals surface area contributed by atoms with Crippen LogP contribution in [0.4, 0.5) is 0 Å². The second-order valence-corrected chi connectivity index (χ2v) is 7.46. The summed E-state index contributed by atoms with van der Waals surface area (Å²) in [6.07, 6.45) is 7.75. The minimum atomic E-state index is -0.327. The Morgan fingerprint density at radius 3 is 2.90 bits per heavy atom. The van der Waals surface area contributed by atoms with Crippen LogP contribution < -0.4 is 15.6 Å². The number of nitrogens with one attached hydrogen (secondary N) is 2. The average Bonchev–Trinajstić information content (AvgIpc) is 3.43. The summed E-state index contributed by atoms with van der Waals surface area (Å²) in [5.74, 6) is 0.232. The summed E-state index contributed by atoms with van der Waals surface area (Å²) in [7, 11) is 0. The van der Waals surface area contributed by atoms with Crippen molar-refractivity contribution >= 4 is 22.5 Å². The fourth-order valence-electron chi connectivity index (χ4n) is 3.94. The average molecular weight is 403 g/mol. The van der Waals surface area contributed by atoms with Crippen molar-refractivity contribution in [1.82, 2.24) is 24.9 Å². The Bertz CT molecular complexity index is 1290. The molecule has 30 heavy (non-hydrogen) atoms. The SMILES string of the molecule is O=C(NCc1cccnc1OC1CCCC1)c1cnn2c1[nH]c(=O)c1ccccc12. The molecule has 1 aromatic carbocycles. The maximum atomic E-state index is 12.8. The Kier molecular flexibility index (Phi) is 4.66. The van der Waals surface area contributed by atoms with Crippen LogP contribution in [0.15, 0.2) is 53.6 Å². The van der Waals surface area contributed by atoms with Gasteiger partial charge in [0.05, 0.1) is 17.1 Å². The Hall–Kier alpha value is -3.68. The van der Waals surface area contributed by atoms with Gasteiger partial charge in [0, 0.05) is 18.3 Å². The molecule has 1 aliphatic carbocycles. The summed E-state index contributed by atoms with van der Waals surface area (Å²) < 4.78 is 7.61. The molecule has 0 spiro atoms. The van der Waals surface area contributed by atoms with Crippen LogP contribution in [0.5, 0.6) is 5.88 Å². The van der Waals surface area contributed by atoms with Crippen LogP contribution in [-0.4, -0.2) is 31.6 Å². The fraction of sp³-hybridized carbons (Fsp3) is 0.273. The molecule has 8 heteroatoms. The molecule has 152 valence electrons. The first-order valence-corrected chi connectivity index (χ1v) is 10.1. The van der Waals surface area contributed by atoms with E-state index in [0.717, 1.165) is 18.4 Å². The Labute approximate surface area is 171 Å². The molecule has 1 fully saturated rings. The highest BCUT2D eigenvalue weighted by molar-refractivity contribution is 6.00. The molecule has 1 amide bonds. The number of H-pyrrole nitrogens is 1. The molecule has 3 aromatic heterocycles. The van der Waals surface area contributed by atoms with Crippen LogP contribution >= 0.6 is 0 Å². The number of nitrogens with zero attached hydrogens (tertiary/aromatic N) is 3. The van der Waals surface area contributed by atoms with Gasteiger partial charge < -0.3 is 15.0 Å². The van der Waals surface area contributed by atoms with E-state index >= 15 is 0 Å². The molecule has 0 radical (unpaired) electrons. The largest absolute Gasteiger partial charge is 0.474 e. The first-order chi connectivity index (χ1) is 14.7. The van der Waals surface area contributed by atoms with Gasteiger partial charge in [-0.1, -0.05) is 18.2 Å². The molecule has 0 aliphatic heterocycles. The normalized spacial score (nSPS) is 14.4. The smallest absolute Gasteiger partial charge is 0.259 e. The number of hydrogen-bond donors (Lipinski definition) is 2. The summed E-state index contributed by atoms with van der Waals surface area (Å²) in [6.45, 7) is 0.268. The highest BCUT2D eigenvalue weighted by Gasteiger charge is 2.20. The molecule has 5 rings (SSSR count). The zero-order valence-electron chi connectivity index (χ0n) is 16.3. The van der Waals surface area contributed by atoms with E-state index in [2.05, 4.69) is 20.4 Å². The van der Waals surface area contributed by atoms with E-state index < -0.39 is 0 Å². The molecule has 3 heterocycles. The number of amides is 1. The lowest BCUT2D eigenvalue weighted by molar-refractivity contribution is 0.0951. The van der Waals surface area contributed by atoms with Crippen molar-refractivity contribution in [2.75, 3.05) is 0 Å². The lowest BCUT2D eigenvalue weighted by Gasteiger charge is -2.15. The predicted octanol–water partition coefficient (Wildman–Crippen LogP) is 2.82. The quantitative estimate of drug-likeness (QED) is 0.534. The zero-order chi connectivity index (χ0) is 20.5. The number of aromatic amines is 1. The highest BCUT2D eigenvalue weighted by Crippen LogP contribution is 2.25. The van der Waals surface area contributed by atoms with Gasteiger partial charge in [0.1, 0.15) is 17.3 Å². The number of ether oxygens (including phenoxy) is 1. The van der Waals surface area contributed by atoms with Crippen molar-refractivity contribution < 1.29 is 9.53 Å². The van der Waals surface area contributed by atoms with Gasteiger partial charge >= 0.3 is 0 Å². The maximum absolute atomic E-state index is 12.8. The Balaban J connectivity index is 1.39. The van der Waals surface area contributed by atoms with E-state index in [-0.39, 0.29) is 24.1 Å². The molecular weight excluding hydrogens is 382 g/mol. The molecule has 1 saturated carbocycles. The summed E-state index contributed by atoms with van der Waals surface area (Å²) >= 11 is 0. The van der Waals surface area contributed by atoms with Gasteiger partial charge in [-0.2, -0.15) is 5.10 Å². The van der Waals surface area contributed by atoms with Crippen LogP contribution in [0.2, 0.25) is 0 Å². The number of carbonyl (C=O) groups is 1. The zero-order valence-corrected chi connectivity index (χ0v) is 16.3. The molecule has 0 unspecified atom stereocenters. The summed E-state index contributed by atoms with van der Waals surface area (Å²) in [4.78, 5) is 32.4. The standard InChI is InChI=1S/C22H21N5O3/c28-20(24-12-14-6-5-11-23-22(14)30-15-7-1-2-8-15)17-13-25-27-18-10-4-3-9-16(18)21(29)26-19(17)27/h3-6,9-11,13,15H,1-2,7-8,12H2,(H,24,28)(H,26,29). The fourth-order valence-corrected chi connectivity index (χ4v) is 3.94. The number of rotatable bonds is 5. The predicted molar refractivity (Wildman–Crippen MR) is 112 cm³/mol. The molecular formula is C22H21N5O3. The minimum absolute atomic E-state index is 0.187. The number of carbonyl (C=O) groups excluding carboxylic acids is 1. The van der Waals surface area contributed by atoms with Crippen LogP contribution in [0.3, 0.4) is 0 Å². The van der Waals surface area contributed by atoms with Gasteiger partial charge in [-0.15, -0.1) is 0 Å². The van der Waals surface area contributed by atoms with Gasteiger partial charge in [0.15, 0.2) is 0 Å². The summed E-state index contributed by atoms with van der Waals surface area (Å²) in [5.41, 5.74) is 1.87. The molecule has 2 N–H and O–H groups in total.